The van der Waals surface area contributed by atoms with Gasteiger partial charge in [0, 0.05) is 19.2 Å². The van der Waals surface area contributed by atoms with E-state index in [0.29, 0.717) is 6.04 Å². The van der Waals surface area contributed by atoms with Crippen LogP contribution in [0.3, 0.4) is 0 Å². The molecule has 4 heteroatoms. The van der Waals surface area contributed by atoms with E-state index in [9.17, 15) is 0 Å². The molecule has 1 N–H and O–H groups in total. The van der Waals surface area contributed by atoms with Crippen LogP contribution in [-0.4, -0.2) is 29.0 Å². The Morgan fingerprint density at radius 3 is 2.71 bits per heavy atom. The predicted octanol–water partition coefficient (Wildman–Crippen LogP) is 2.28. The van der Waals surface area contributed by atoms with Crippen LogP contribution in [0.5, 0.6) is 5.88 Å². The summed E-state index contributed by atoms with van der Waals surface area (Å²) >= 11 is 0. The third-order valence-corrected chi connectivity index (χ3v) is 2.58. The van der Waals surface area contributed by atoms with Crippen LogP contribution in [0, 0.1) is 6.92 Å². The first-order valence-electron chi connectivity index (χ1n) is 6.46. The van der Waals surface area contributed by atoms with Gasteiger partial charge in [0.05, 0.1) is 12.3 Å². The fourth-order valence-electron chi connectivity index (χ4n) is 1.69. The molecule has 0 fully saturated rings. The minimum atomic E-state index is 0.587. The Kier molecular flexibility index (Phi) is 6.05. The van der Waals surface area contributed by atoms with Crippen LogP contribution in [0.1, 0.15) is 38.8 Å². The second kappa shape index (κ2) is 7.33. The fraction of sp³-hybridized carbons (Fsp3) is 0.769. The largest absolute Gasteiger partial charge is 0.478 e. The van der Waals surface area contributed by atoms with E-state index in [4.69, 9.17) is 4.74 Å². The number of aromatic nitrogens is 2. The monoisotopic (exact) mass is 239 g/mol. The molecule has 98 valence electrons. The Balaban J connectivity index is 2.03. The summed E-state index contributed by atoms with van der Waals surface area (Å²) in [4.78, 5) is 0. The lowest BCUT2D eigenvalue weighted by atomic mass is 10.2. The lowest BCUT2D eigenvalue weighted by Gasteiger charge is -2.08. The van der Waals surface area contributed by atoms with Crippen molar-refractivity contribution in [1.82, 2.24) is 15.1 Å². The first-order chi connectivity index (χ1) is 8.09. The normalized spacial score (nSPS) is 11.1. The molecule has 4 nitrogen and oxygen atoms in total. The van der Waals surface area contributed by atoms with Gasteiger partial charge < -0.3 is 10.1 Å². The Hall–Kier alpha value is -1.03. The van der Waals surface area contributed by atoms with Crippen molar-refractivity contribution in [1.29, 1.82) is 0 Å². The average molecular weight is 239 g/mol. The summed E-state index contributed by atoms with van der Waals surface area (Å²) in [5.74, 6) is 0.864. The second-order valence-electron chi connectivity index (χ2n) is 4.77. The zero-order valence-corrected chi connectivity index (χ0v) is 11.5. The quantitative estimate of drug-likeness (QED) is 0.707. The van der Waals surface area contributed by atoms with Crippen LogP contribution in [0.25, 0.3) is 0 Å². The van der Waals surface area contributed by atoms with Gasteiger partial charge in [-0.05, 0) is 32.7 Å². The fourth-order valence-corrected chi connectivity index (χ4v) is 1.69. The van der Waals surface area contributed by atoms with Crippen LogP contribution in [0.4, 0.5) is 0 Å². The molecule has 1 aromatic heterocycles. The number of hydrogen-bond donors (Lipinski definition) is 1. The van der Waals surface area contributed by atoms with Crippen molar-refractivity contribution in [2.24, 2.45) is 7.05 Å². The lowest BCUT2D eigenvalue weighted by Crippen LogP contribution is -2.23. The Labute approximate surface area is 104 Å². The van der Waals surface area contributed by atoms with Gasteiger partial charge in [0.15, 0.2) is 0 Å². The number of ether oxygens (including phenoxy) is 1. The molecule has 0 radical (unpaired) electrons. The van der Waals surface area contributed by atoms with Gasteiger partial charge in [0.2, 0.25) is 5.88 Å². The Morgan fingerprint density at radius 1 is 1.35 bits per heavy atom. The average Bonchev–Trinajstić information content (AvgIpc) is 2.55. The molecule has 1 heterocycles. The van der Waals surface area contributed by atoms with Gasteiger partial charge in [0.1, 0.15) is 0 Å². The van der Waals surface area contributed by atoms with E-state index >= 15 is 0 Å². The SMILES string of the molecule is Cc1cc(OCCCCCNC(C)C)n(C)n1. The summed E-state index contributed by atoms with van der Waals surface area (Å²) < 4.78 is 7.45. The van der Waals surface area contributed by atoms with Crippen LogP contribution >= 0.6 is 0 Å². The van der Waals surface area contributed by atoms with E-state index in [1.54, 1.807) is 4.68 Å². The molecule has 0 saturated heterocycles. The van der Waals surface area contributed by atoms with Gasteiger partial charge in [-0.15, -0.1) is 0 Å². The molecule has 0 atom stereocenters. The number of hydrogen-bond acceptors (Lipinski definition) is 3. The molecule has 0 aliphatic heterocycles. The van der Waals surface area contributed by atoms with Gasteiger partial charge in [0.25, 0.3) is 0 Å². The van der Waals surface area contributed by atoms with Gasteiger partial charge in [-0.1, -0.05) is 13.8 Å². The van der Waals surface area contributed by atoms with Gasteiger partial charge in [-0.25, -0.2) is 4.68 Å². The van der Waals surface area contributed by atoms with E-state index in [2.05, 4.69) is 24.3 Å². The third kappa shape index (κ3) is 5.73. The summed E-state index contributed by atoms with van der Waals surface area (Å²) in [5.41, 5.74) is 1.00. The topological polar surface area (TPSA) is 39.1 Å². The molecule has 0 unspecified atom stereocenters. The minimum Gasteiger partial charge on any atom is -0.478 e. The van der Waals surface area contributed by atoms with Gasteiger partial charge in [-0.2, -0.15) is 5.10 Å². The lowest BCUT2D eigenvalue weighted by molar-refractivity contribution is 0.279. The van der Waals surface area contributed by atoms with E-state index in [1.807, 2.05) is 20.0 Å². The van der Waals surface area contributed by atoms with Crippen molar-refractivity contribution in [3.05, 3.63) is 11.8 Å². The van der Waals surface area contributed by atoms with E-state index in [1.165, 1.54) is 12.8 Å². The number of aryl methyl sites for hydroxylation is 2. The molecular weight excluding hydrogens is 214 g/mol. The number of nitrogens with zero attached hydrogens (tertiary/aromatic N) is 2. The van der Waals surface area contributed by atoms with Crippen LogP contribution < -0.4 is 10.1 Å². The highest BCUT2D eigenvalue weighted by Crippen LogP contribution is 2.11. The molecule has 0 bridgehead atoms. The minimum absolute atomic E-state index is 0.587. The summed E-state index contributed by atoms with van der Waals surface area (Å²) in [7, 11) is 1.91. The van der Waals surface area contributed by atoms with Crippen LogP contribution in [-0.2, 0) is 7.05 Å². The third-order valence-electron chi connectivity index (χ3n) is 2.58. The highest BCUT2D eigenvalue weighted by molar-refractivity contribution is 5.14. The maximum absolute atomic E-state index is 5.67. The molecule has 1 rings (SSSR count). The molecule has 0 aliphatic rings. The molecule has 0 aliphatic carbocycles. The van der Waals surface area contributed by atoms with Crippen LogP contribution in [0.2, 0.25) is 0 Å². The summed E-state index contributed by atoms with van der Waals surface area (Å²) in [5, 5.41) is 7.65. The second-order valence-corrected chi connectivity index (χ2v) is 4.77. The highest BCUT2D eigenvalue weighted by Gasteiger charge is 2.01. The van der Waals surface area contributed by atoms with Crippen molar-refractivity contribution in [3.63, 3.8) is 0 Å². The van der Waals surface area contributed by atoms with Crippen molar-refractivity contribution in [2.45, 2.75) is 46.1 Å². The highest BCUT2D eigenvalue weighted by atomic mass is 16.5. The van der Waals surface area contributed by atoms with E-state index in [0.717, 1.165) is 31.1 Å². The number of nitrogens with one attached hydrogen (secondary N) is 1. The number of unbranched alkanes of at least 4 members (excludes halogenated alkanes) is 2. The Morgan fingerprint density at radius 2 is 2.12 bits per heavy atom. The first kappa shape index (κ1) is 14.0. The van der Waals surface area contributed by atoms with Gasteiger partial charge >= 0.3 is 0 Å². The van der Waals surface area contributed by atoms with Crippen molar-refractivity contribution in [2.75, 3.05) is 13.2 Å². The van der Waals surface area contributed by atoms with E-state index in [-0.39, 0.29) is 0 Å². The molecule has 1 aromatic rings. The van der Waals surface area contributed by atoms with Crippen molar-refractivity contribution < 1.29 is 4.74 Å². The zero-order chi connectivity index (χ0) is 12.7. The molecule has 0 spiro atoms. The van der Waals surface area contributed by atoms with Crippen molar-refractivity contribution >= 4 is 0 Å². The molecule has 0 aromatic carbocycles. The smallest absolute Gasteiger partial charge is 0.211 e. The van der Waals surface area contributed by atoms with Gasteiger partial charge in [-0.3, -0.25) is 0 Å². The first-order valence-corrected chi connectivity index (χ1v) is 6.46. The summed E-state index contributed by atoms with van der Waals surface area (Å²) in [6.07, 6.45) is 3.52. The zero-order valence-electron chi connectivity index (χ0n) is 11.5. The Bertz CT molecular complexity index is 320. The van der Waals surface area contributed by atoms with E-state index < -0.39 is 0 Å². The standard InChI is InChI=1S/C13H25N3O/c1-11(2)14-8-6-5-7-9-17-13-10-12(3)15-16(13)4/h10-11,14H,5-9H2,1-4H3. The molecule has 17 heavy (non-hydrogen) atoms. The summed E-state index contributed by atoms with van der Waals surface area (Å²) in [6, 6.07) is 2.56. The molecule has 0 amide bonds. The molecule has 0 saturated carbocycles. The maximum Gasteiger partial charge on any atom is 0.211 e. The van der Waals surface area contributed by atoms with Crippen LogP contribution in [0.15, 0.2) is 6.07 Å². The predicted molar refractivity (Wildman–Crippen MR) is 70.4 cm³/mol. The number of rotatable bonds is 8. The molecular formula is C13H25N3O. The maximum atomic E-state index is 5.67. The summed E-state index contributed by atoms with van der Waals surface area (Å²) in [6.45, 7) is 8.20. The van der Waals surface area contributed by atoms with Crippen molar-refractivity contribution in [3.8, 4) is 5.88 Å².